The Balaban J connectivity index is 2.08. The minimum Gasteiger partial charge on any atom is -0.434 e. The molecule has 0 atom stereocenters. The third kappa shape index (κ3) is 2.34. The second kappa shape index (κ2) is 4.71. The monoisotopic (exact) mass is 220 g/mol. The summed E-state index contributed by atoms with van der Waals surface area (Å²) in [4.78, 5) is 0. The molecule has 2 rings (SSSR count). The quantitative estimate of drug-likeness (QED) is 0.831. The summed E-state index contributed by atoms with van der Waals surface area (Å²) in [6.45, 7) is 2.66. The second-order valence-electron chi connectivity index (χ2n) is 3.15. The van der Waals surface area contributed by atoms with Crippen LogP contribution < -0.4 is 4.74 Å². The molecule has 2 aromatic heterocycles. The average Bonchev–Trinajstić information content (AvgIpc) is 2.78. The Bertz CT molecular complexity index is 452. The Kier molecular flexibility index (Phi) is 3.11. The van der Waals surface area contributed by atoms with Crippen molar-refractivity contribution in [3.63, 3.8) is 0 Å². The molecule has 0 amide bonds. The van der Waals surface area contributed by atoms with Gasteiger partial charge in [-0.05, 0) is 13.0 Å². The zero-order valence-electron chi connectivity index (χ0n) is 8.87. The molecule has 0 fully saturated rings. The summed E-state index contributed by atoms with van der Waals surface area (Å²) in [7, 11) is 0. The largest absolute Gasteiger partial charge is 0.434 e. The average molecular weight is 220 g/mol. The fourth-order valence-corrected chi connectivity index (χ4v) is 1.18. The van der Waals surface area contributed by atoms with E-state index in [0.717, 1.165) is 6.54 Å². The molecule has 84 valence electrons. The molecule has 0 aliphatic rings. The highest BCUT2D eigenvalue weighted by molar-refractivity contribution is 5.21. The van der Waals surface area contributed by atoms with Crippen LogP contribution >= 0.6 is 0 Å². The fourth-order valence-electron chi connectivity index (χ4n) is 1.18. The van der Waals surface area contributed by atoms with Gasteiger partial charge < -0.3 is 9.84 Å². The Morgan fingerprint density at radius 2 is 2.25 bits per heavy atom. The van der Waals surface area contributed by atoms with Crippen molar-refractivity contribution < 1.29 is 9.84 Å². The number of aliphatic hydroxyl groups excluding tert-OH is 1. The summed E-state index contributed by atoms with van der Waals surface area (Å²) in [6, 6.07) is 3.31. The lowest BCUT2D eigenvalue weighted by atomic mass is 10.4. The molecule has 0 radical (unpaired) electrons. The SMILES string of the molecule is CCn1cc(Oc2ccc(CO)nn2)cn1. The highest BCUT2D eigenvalue weighted by Gasteiger charge is 2.02. The van der Waals surface area contributed by atoms with Gasteiger partial charge in [0.1, 0.15) is 0 Å². The maximum absolute atomic E-state index is 8.80. The summed E-state index contributed by atoms with van der Waals surface area (Å²) >= 11 is 0. The second-order valence-corrected chi connectivity index (χ2v) is 3.15. The van der Waals surface area contributed by atoms with Crippen LogP contribution in [-0.4, -0.2) is 25.1 Å². The predicted molar refractivity (Wildman–Crippen MR) is 55.9 cm³/mol. The number of hydrogen-bond acceptors (Lipinski definition) is 5. The third-order valence-corrected chi connectivity index (χ3v) is 2.01. The zero-order chi connectivity index (χ0) is 11.4. The molecular formula is C10H12N4O2. The van der Waals surface area contributed by atoms with Gasteiger partial charge in [0, 0.05) is 12.6 Å². The molecule has 6 nitrogen and oxygen atoms in total. The smallest absolute Gasteiger partial charge is 0.239 e. The number of hydrogen-bond donors (Lipinski definition) is 1. The van der Waals surface area contributed by atoms with E-state index in [1.165, 1.54) is 0 Å². The van der Waals surface area contributed by atoms with Crippen molar-refractivity contribution in [1.29, 1.82) is 0 Å². The molecule has 16 heavy (non-hydrogen) atoms. The van der Waals surface area contributed by atoms with E-state index in [1.807, 2.05) is 6.92 Å². The van der Waals surface area contributed by atoms with E-state index in [-0.39, 0.29) is 6.61 Å². The Morgan fingerprint density at radius 1 is 1.38 bits per heavy atom. The maximum Gasteiger partial charge on any atom is 0.239 e. The molecule has 2 aromatic rings. The van der Waals surface area contributed by atoms with Crippen LogP contribution in [0.25, 0.3) is 0 Å². The summed E-state index contributed by atoms with van der Waals surface area (Å²) in [5.41, 5.74) is 0.511. The maximum atomic E-state index is 8.80. The first-order chi connectivity index (χ1) is 7.81. The number of aliphatic hydroxyl groups is 1. The lowest BCUT2D eigenvalue weighted by molar-refractivity contribution is 0.274. The third-order valence-electron chi connectivity index (χ3n) is 2.01. The van der Waals surface area contributed by atoms with Crippen molar-refractivity contribution in [2.24, 2.45) is 0 Å². The molecule has 0 unspecified atom stereocenters. The van der Waals surface area contributed by atoms with Gasteiger partial charge in [0.25, 0.3) is 0 Å². The van der Waals surface area contributed by atoms with Gasteiger partial charge in [-0.25, -0.2) is 0 Å². The van der Waals surface area contributed by atoms with Crippen LogP contribution in [0.1, 0.15) is 12.6 Å². The minimum absolute atomic E-state index is 0.124. The van der Waals surface area contributed by atoms with E-state index < -0.39 is 0 Å². The highest BCUT2D eigenvalue weighted by Crippen LogP contribution is 2.17. The zero-order valence-corrected chi connectivity index (χ0v) is 8.87. The van der Waals surface area contributed by atoms with Gasteiger partial charge in [0.15, 0.2) is 5.75 Å². The first kappa shape index (κ1) is 10.6. The fraction of sp³-hybridized carbons (Fsp3) is 0.300. The Labute approximate surface area is 92.5 Å². The van der Waals surface area contributed by atoms with E-state index in [0.29, 0.717) is 17.3 Å². The van der Waals surface area contributed by atoms with Gasteiger partial charge in [-0.3, -0.25) is 4.68 Å². The first-order valence-corrected chi connectivity index (χ1v) is 4.95. The number of nitrogens with zero attached hydrogens (tertiary/aromatic N) is 4. The van der Waals surface area contributed by atoms with E-state index in [9.17, 15) is 0 Å². The van der Waals surface area contributed by atoms with Crippen LogP contribution in [-0.2, 0) is 13.2 Å². The number of rotatable bonds is 4. The summed E-state index contributed by atoms with van der Waals surface area (Å²) in [5.74, 6) is 1.00. The molecule has 0 spiro atoms. The standard InChI is InChI=1S/C10H12N4O2/c1-2-14-6-9(5-11-14)16-10-4-3-8(7-15)12-13-10/h3-6,15H,2,7H2,1H3. The van der Waals surface area contributed by atoms with Crippen LogP contribution in [0.4, 0.5) is 0 Å². The van der Waals surface area contributed by atoms with Crippen LogP contribution in [0, 0.1) is 0 Å². The molecule has 0 saturated carbocycles. The topological polar surface area (TPSA) is 73.1 Å². The molecule has 0 aliphatic carbocycles. The van der Waals surface area contributed by atoms with E-state index >= 15 is 0 Å². The van der Waals surface area contributed by atoms with Gasteiger partial charge in [-0.1, -0.05) is 0 Å². The Morgan fingerprint density at radius 3 is 2.81 bits per heavy atom. The molecule has 1 N–H and O–H groups in total. The number of aryl methyl sites for hydroxylation is 1. The summed E-state index contributed by atoms with van der Waals surface area (Å²) in [5, 5.41) is 20.4. The summed E-state index contributed by atoms with van der Waals surface area (Å²) in [6.07, 6.45) is 3.40. The van der Waals surface area contributed by atoms with Gasteiger partial charge >= 0.3 is 0 Å². The molecule has 2 heterocycles. The normalized spacial score (nSPS) is 10.4. The van der Waals surface area contributed by atoms with Gasteiger partial charge in [-0.2, -0.15) is 5.10 Å². The van der Waals surface area contributed by atoms with Crippen LogP contribution in [0.5, 0.6) is 11.6 Å². The molecule has 6 heteroatoms. The molecule has 0 aliphatic heterocycles. The van der Waals surface area contributed by atoms with Crippen molar-refractivity contribution in [2.45, 2.75) is 20.1 Å². The Hall–Kier alpha value is -1.95. The molecule has 0 bridgehead atoms. The van der Waals surface area contributed by atoms with E-state index in [4.69, 9.17) is 9.84 Å². The first-order valence-electron chi connectivity index (χ1n) is 4.95. The minimum atomic E-state index is -0.124. The van der Waals surface area contributed by atoms with Crippen molar-refractivity contribution in [3.05, 3.63) is 30.2 Å². The number of aromatic nitrogens is 4. The van der Waals surface area contributed by atoms with Crippen molar-refractivity contribution in [2.75, 3.05) is 0 Å². The van der Waals surface area contributed by atoms with Crippen molar-refractivity contribution >= 4 is 0 Å². The van der Waals surface area contributed by atoms with Gasteiger partial charge in [0.05, 0.1) is 24.7 Å². The van der Waals surface area contributed by atoms with Crippen LogP contribution in [0.2, 0.25) is 0 Å². The van der Waals surface area contributed by atoms with Crippen molar-refractivity contribution in [3.8, 4) is 11.6 Å². The predicted octanol–water partition coefficient (Wildman–Crippen LogP) is 0.978. The van der Waals surface area contributed by atoms with E-state index in [1.54, 1.807) is 29.2 Å². The molecule has 0 saturated heterocycles. The molecule has 0 aromatic carbocycles. The van der Waals surface area contributed by atoms with Crippen molar-refractivity contribution in [1.82, 2.24) is 20.0 Å². The lowest BCUT2D eigenvalue weighted by Crippen LogP contribution is -1.94. The highest BCUT2D eigenvalue weighted by atomic mass is 16.5. The number of ether oxygens (including phenoxy) is 1. The van der Waals surface area contributed by atoms with Crippen LogP contribution in [0.15, 0.2) is 24.5 Å². The van der Waals surface area contributed by atoms with Crippen LogP contribution in [0.3, 0.4) is 0 Å². The van der Waals surface area contributed by atoms with E-state index in [2.05, 4.69) is 15.3 Å². The van der Waals surface area contributed by atoms with Gasteiger partial charge in [0.2, 0.25) is 5.88 Å². The van der Waals surface area contributed by atoms with Gasteiger partial charge in [-0.15, -0.1) is 10.2 Å². The lowest BCUT2D eigenvalue weighted by Gasteiger charge is -2.00. The summed E-state index contributed by atoms with van der Waals surface area (Å²) < 4.78 is 7.18. The molecular weight excluding hydrogens is 208 g/mol.